The number of hydrogen-bond donors (Lipinski definition) is 1. The van der Waals surface area contributed by atoms with Crippen LogP contribution < -0.4 is 5.73 Å². The van der Waals surface area contributed by atoms with Crippen LogP contribution in [0.4, 0.5) is 0 Å². The van der Waals surface area contributed by atoms with Gasteiger partial charge in [0.25, 0.3) is 0 Å². The molecule has 2 aliphatic carbocycles. The Kier molecular flexibility index (Phi) is 3.03. The summed E-state index contributed by atoms with van der Waals surface area (Å²) in [5.74, 6) is 1.31. The van der Waals surface area contributed by atoms with E-state index in [0.29, 0.717) is 17.9 Å². The number of pyridine rings is 1. The maximum atomic E-state index is 5.79. The van der Waals surface area contributed by atoms with Crippen molar-refractivity contribution in [2.45, 2.75) is 37.6 Å². The van der Waals surface area contributed by atoms with Crippen LogP contribution in [-0.4, -0.2) is 31.1 Å². The maximum absolute atomic E-state index is 5.79. The van der Waals surface area contributed by atoms with Gasteiger partial charge in [0.2, 0.25) is 0 Å². The lowest BCUT2D eigenvalue weighted by molar-refractivity contribution is 0.186. The molecule has 6 nitrogen and oxygen atoms in total. The summed E-state index contributed by atoms with van der Waals surface area (Å²) in [7, 11) is 1.94. The Balaban J connectivity index is 1.57. The van der Waals surface area contributed by atoms with Crippen molar-refractivity contribution in [2.24, 2.45) is 18.7 Å². The summed E-state index contributed by atoms with van der Waals surface area (Å²) < 4.78 is 4.10. The van der Waals surface area contributed by atoms with Crippen molar-refractivity contribution < 1.29 is 0 Å². The second kappa shape index (κ2) is 5.14. The average Bonchev–Trinajstić information content (AvgIpc) is 3.20. The van der Waals surface area contributed by atoms with Gasteiger partial charge in [0.05, 0.1) is 29.8 Å². The first-order chi connectivity index (χ1) is 11.7. The lowest BCUT2D eigenvalue weighted by Gasteiger charge is -2.35. The molecule has 0 aliphatic heterocycles. The van der Waals surface area contributed by atoms with Gasteiger partial charge < -0.3 is 5.73 Å². The quantitative estimate of drug-likeness (QED) is 0.801. The van der Waals surface area contributed by atoms with E-state index in [4.69, 9.17) is 15.8 Å². The number of rotatable bonds is 4. The summed E-state index contributed by atoms with van der Waals surface area (Å²) in [6, 6.07) is 4.72. The minimum atomic E-state index is 0.517. The van der Waals surface area contributed by atoms with Crippen LogP contribution in [0.25, 0.3) is 22.3 Å². The van der Waals surface area contributed by atoms with Gasteiger partial charge in [-0.3, -0.25) is 9.36 Å². The van der Waals surface area contributed by atoms with Crippen molar-refractivity contribution in [3.05, 3.63) is 30.2 Å². The largest absolute Gasteiger partial charge is 0.330 e. The number of nitrogens with two attached hydrogens (primary N) is 1. The molecule has 2 saturated carbocycles. The van der Waals surface area contributed by atoms with Crippen molar-refractivity contribution >= 4 is 11.0 Å². The fraction of sp³-hybridized carbons (Fsp3) is 0.500. The predicted octanol–water partition coefficient (Wildman–Crippen LogP) is 2.62. The summed E-state index contributed by atoms with van der Waals surface area (Å²) in [6.45, 7) is 0.794. The van der Waals surface area contributed by atoms with Gasteiger partial charge in [0, 0.05) is 23.9 Å². The molecular weight excluding hydrogens is 300 g/mol. The van der Waals surface area contributed by atoms with Crippen LogP contribution >= 0.6 is 0 Å². The molecule has 2 N–H and O–H groups in total. The average molecular weight is 322 g/mol. The minimum Gasteiger partial charge on any atom is -0.330 e. The van der Waals surface area contributed by atoms with Crippen molar-refractivity contribution in [1.29, 1.82) is 0 Å². The Morgan fingerprint density at radius 1 is 1.17 bits per heavy atom. The lowest BCUT2D eigenvalue weighted by atomic mass is 9.80. The van der Waals surface area contributed by atoms with Gasteiger partial charge in [-0.2, -0.15) is 10.2 Å². The highest BCUT2D eigenvalue weighted by Gasteiger charge is 2.37. The van der Waals surface area contributed by atoms with E-state index in [1.54, 1.807) is 0 Å². The second-order valence-electron chi connectivity index (χ2n) is 7.27. The molecule has 2 aliphatic rings. The fourth-order valence-corrected chi connectivity index (χ4v) is 3.89. The summed E-state index contributed by atoms with van der Waals surface area (Å²) in [4.78, 5) is 4.85. The SMILES string of the molecule is Cn1ncc2ccc(-c3cnn([C@H]4C[C@H](CN)C4)c3C3CC3)nc21. The predicted molar refractivity (Wildman–Crippen MR) is 92.5 cm³/mol. The highest BCUT2D eigenvalue weighted by atomic mass is 15.3. The van der Waals surface area contributed by atoms with E-state index in [-0.39, 0.29) is 0 Å². The molecule has 3 aromatic rings. The Morgan fingerprint density at radius 3 is 2.75 bits per heavy atom. The van der Waals surface area contributed by atoms with E-state index in [9.17, 15) is 0 Å². The first-order valence-corrected chi connectivity index (χ1v) is 8.81. The molecule has 5 rings (SSSR count). The Hall–Kier alpha value is -2.21. The molecule has 3 heterocycles. The van der Waals surface area contributed by atoms with E-state index in [1.165, 1.54) is 24.1 Å². The van der Waals surface area contributed by atoms with Gasteiger partial charge in [-0.05, 0) is 50.3 Å². The Morgan fingerprint density at radius 2 is 2.00 bits per heavy atom. The minimum absolute atomic E-state index is 0.517. The molecule has 24 heavy (non-hydrogen) atoms. The first-order valence-electron chi connectivity index (χ1n) is 8.81. The third-order valence-corrected chi connectivity index (χ3v) is 5.55. The third kappa shape index (κ3) is 2.09. The van der Waals surface area contributed by atoms with Crippen LogP contribution in [0.5, 0.6) is 0 Å². The van der Waals surface area contributed by atoms with Crippen molar-refractivity contribution in [1.82, 2.24) is 24.5 Å². The highest BCUT2D eigenvalue weighted by molar-refractivity contribution is 5.78. The first kappa shape index (κ1) is 14.2. The molecule has 3 aromatic heterocycles. The van der Waals surface area contributed by atoms with E-state index >= 15 is 0 Å². The van der Waals surface area contributed by atoms with Crippen LogP contribution in [0, 0.1) is 5.92 Å². The Bertz CT molecular complexity index is 898. The zero-order valence-electron chi connectivity index (χ0n) is 13.9. The lowest BCUT2D eigenvalue weighted by Crippen LogP contribution is -2.33. The summed E-state index contributed by atoms with van der Waals surface area (Å²) in [5.41, 5.74) is 10.3. The number of fused-ring (bicyclic) bond motifs is 1. The van der Waals surface area contributed by atoms with Gasteiger partial charge in [-0.1, -0.05) is 0 Å². The van der Waals surface area contributed by atoms with Crippen LogP contribution in [0.2, 0.25) is 0 Å². The molecule has 0 radical (unpaired) electrons. The smallest absolute Gasteiger partial charge is 0.158 e. The molecule has 0 bridgehead atoms. The topological polar surface area (TPSA) is 74.5 Å². The fourth-order valence-electron chi connectivity index (χ4n) is 3.89. The third-order valence-electron chi connectivity index (χ3n) is 5.55. The molecule has 124 valence electrons. The molecule has 0 spiro atoms. The van der Waals surface area contributed by atoms with Crippen LogP contribution in [0.3, 0.4) is 0 Å². The van der Waals surface area contributed by atoms with Gasteiger partial charge >= 0.3 is 0 Å². The zero-order chi connectivity index (χ0) is 16.3. The molecule has 2 fully saturated rings. The normalized spacial score (nSPS) is 23.6. The van der Waals surface area contributed by atoms with Gasteiger partial charge in [-0.15, -0.1) is 0 Å². The second-order valence-corrected chi connectivity index (χ2v) is 7.27. The molecule has 0 amide bonds. The molecule has 6 heteroatoms. The van der Waals surface area contributed by atoms with Gasteiger partial charge in [0.1, 0.15) is 0 Å². The van der Waals surface area contributed by atoms with Crippen molar-refractivity contribution in [3.63, 3.8) is 0 Å². The highest BCUT2D eigenvalue weighted by Crippen LogP contribution is 2.48. The van der Waals surface area contributed by atoms with E-state index in [0.717, 1.165) is 36.1 Å². The van der Waals surface area contributed by atoms with E-state index < -0.39 is 0 Å². The van der Waals surface area contributed by atoms with Crippen LogP contribution in [0.1, 0.15) is 43.3 Å². The monoisotopic (exact) mass is 322 g/mol. The van der Waals surface area contributed by atoms with Crippen LogP contribution in [0.15, 0.2) is 24.5 Å². The van der Waals surface area contributed by atoms with E-state index in [2.05, 4.69) is 21.9 Å². The summed E-state index contributed by atoms with van der Waals surface area (Å²) in [5, 5.41) is 10.1. The standard InChI is InChI=1S/C18H22N6/c1-23-18-13(9-20-23)4-5-16(22-18)15-10-21-24(17(15)12-2-3-12)14-6-11(7-14)8-19/h4-5,9-12,14H,2-3,6-8,19H2,1H3/t11-,14-. The molecule has 0 aromatic carbocycles. The van der Waals surface area contributed by atoms with Crippen molar-refractivity contribution in [2.75, 3.05) is 6.54 Å². The summed E-state index contributed by atoms with van der Waals surface area (Å²) >= 11 is 0. The molecule has 0 atom stereocenters. The number of nitrogens with zero attached hydrogens (tertiary/aromatic N) is 5. The molecule has 0 unspecified atom stereocenters. The summed E-state index contributed by atoms with van der Waals surface area (Å²) in [6.07, 6.45) is 8.71. The van der Waals surface area contributed by atoms with Gasteiger partial charge in [-0.25, -0.2) is 4.98 Å². The zero-order valence-corrected chi connectivity index (χ0v) is 13.9. The number of hydrogen-bond acceptors (Lipinski definition) is 4. The van der Waals surface area contributed by atoms with E-state index in [1.807, 2.05) is 24.1 Å². The number of aromatic nitrogens is 5. The van der Waals surface area contributed by atoms with Gasteiger partial charge in [0.15, 0.2) is 5.65 Å². The Labute approximate surface area is 140 Å². The maximum Gasteiger partial charge on any atom is 0.158 e. The van der Waals surface area contributed by atoms with Crippen LogP contribution in [-0.2, 0) is 7.05 Å². The molecular formula is C18H22N6. The van der Waals surface area contributed by atoms with Crippen molar-refractivity contribution in [3.8, 4) is 11.3 Å². The molecule has 0 saturated heterocycles. The number of aryl methyl sites for hydroxylation is 1.